The molecule has 0 atom stereocenters. The third kappa shape index (κ3) is 2.12. The van der Waals surface area contributed by atoms with Gasteiger partial charge in [-0.05, 0) is 35.2 Å². The molecule has 0 aliphatic carbocycles. The van der Waals surface area contributed by atoms with Crippen LogP contribution in [0.2, 0.25) is 0 Å². The molecule has 22 heavy (non-hydrogen) atoms. The average Bonchev–Trinajstić information content (AvgIpc) is 3.22. The zero-order valence-corrected chi connectivity index (χ0v) is 12.8. The number of nitrogens with zero attached hydrogens (tertiary/aromatic N) is 1. The van der Waals surface area contributed by atoms with Crippen molar-refractivity contribution in [1.29, 1.82) is 0 Å². The van der Waals surface area contributed by atoms with Crippen LogP contribution in [0.4, 0.5) is 0 Å². The first-order valence-electron chi connectivity index (χ1n) is 6.92. The Bertz CT molecular complexity index is 866. The molecule has 6 heteroatoms. The molecule has 0 unspecified atom stereocenters. The molecule has 0 radical (unpaired) electrons. The number of hydrogen-bond acceptors (Lipinski definition) is 4. The number of nitrogens with one attached hydrogen (secondary N) is 1. The minimum atomic E-state index is -0.0800. The molecule has 1 amide bonds. The maximum absolute atomic E-state index is 12.4. The molecule has 2 aromatic heterocycles. The van der Waals surface area contributed by atoms with Gasteiger partial charge in [0.1, 0.15) is 10.5 Å². The Morgan fingerprint density at radius 3 is 3.00 bits per heavy atom. The summed E-state index contributed by atoms with van der Waals surface area (Å²) in [4.78, 5) is 13.5. The summed E-state index contributed by atoms with van der Waals surface area (Å²) in [6.45, 7) is 0.708. The number of amides is 1. The second-order valence-electron chi connectivity index (χ2n) is 5.14. The monoisotopic (exact) mass is 314 g/mol. The van der Waals surface area contributed by atoms with Crippen LogP contribution >= 0.6 is 11.3 Å². The highest BCUT2D eigenvalue weighted by atomic mass is 32.1. The van der Waals surface area contributed by atoms with Crippen LogP contribution in [0.3, 0.4) is 0 Å². The fourth-order valence-corrected chi connectivity index (χ4v) is 3.45. The molecule has 3 aromatic rings. The minimum absolute atomic E-state index is 0.0800. The quantitative estimate of drug-likeness (QED) is 0.809. The maximum Gasteiger partial charge on any atom is 0.268 e. The van der Waals surface area contributed by atoms with Gasteiger partial charge in [0.05, 0.1) is 0 Å². The van der Waals surface area contributed by atoms with Gasteiger partial charge in [-0.2, -0.15) is 0 Å². The van der Waals surface area contributed by atoms with Crippen LogP contribution in [0.1, 0.15) is 16.1 Å². The Labute approximate surface area is 131 Å². The van der Waals surface area contributed by atoms with Crippen molar-refractivity contribution < 1.29 is 14.3 Å². The lowest BCUT2D eigenvalue weighted by Gasteiger charge is -2.07. The number of benzene rings is 1. The first-order valence-corrected chi connectivity index (χ1v) is 7.80. The number of rotatable bonds is 3. The molecule has 1 aliphatic rings. The number of fused-ring (bicyclic) bond motifs is 2. The van der Waals surface area contributed by atoms with E-state index < -0.39 is 0 Å². The molecule has 3 heterocycles. The summed E-state index contributed by atoms with van der Waals surface area (Å²) < 4.78 is 12.5. The molecule has 0 saturated heterocycles. The Kier molecular flexibility index (Phi) is 3.04. The van der Waals surface area contributed by atoms with Crippen LogP contribution in [-0.4, -0.2) is 17.3 Å². The summed E-state index contributed by atoms with van der Waals surface area (Å²) in [5.41, 5.74) is 1.65. The molecule has 0 saturated carbocycles. The summed E-state index contributed by atoms with van der Waals surface area (Å²) in [5, 5.41) is 6.07. The Morgan fingerprint density at radius 1 is 1.27 bits per heavy atom. The molecule has 4 rings (SSSR count). The second-order valence-corrected chi connectivity index (χ2v) is 6.03. The largest absolute Gasteiger partial charge is 0.454 e. The van der Waals surface area contributed by atoms with E-state index in [2.05, 4.69) is 5.32 Å². The molecular weight excluding hydrogens is 300 g/mol. The summed E-state index contributed by atoms with van der Waals surface area (Å²) in [6, 6.07) is 9.63. The van der Waals surface area contributed by atoms with Gasteiger partial charge in [0, 0.05) is 19.0 Å². The zero-order chi connectivity index (χ0) is 15.1. The van der Waals surface area contributed by atoms with Gasteiger partial charge in [0.25, 0.3) is 5.91 Å². The van der Waals surface area contributed by atoms with Crippen LogP contribution < -0.4 is 14.8 Å². The number of ether oxygens (including phenoxy) is 2. The first-order chi connectivity index (χ1) is 10.7. The Morgan fingerprint density at radius 2 is 2.14 bits per heavy atom. The third-order valence-corrected chi connectivity index (χ3v) is 4.76. The highest BCUT2D eigenvalue weighted by Crippen LogP contribution is 2.32. The van der Waals surface area contributed by atoms with Crippen molar-refractivity contribution in [2.45, 2.75) is 6.54 Å². The highest BCUT2D eigenvalue weighted by molar-refractivity contribution is 7.16. The number of aryl methyl sites for hydroxylation is 1. The van der Waals surface area contributed by atoms with Gasteiger partial charge in [-0.15, -0.1) is 11.3 Å². The van der Waals surface area contributed by atoms with Crippen LogP contribution in [0, 0.1) is 0 Å². The van der Waals surface area contributed by atoms with E-state index in [-0.39, 0.29) is 12.7 Å². The van der Waals surface area contributed by atoms with E-state index in [4.69, 9.17) is 9.47 Å². The molecule has 0 fully saturated rings. The normalized spacial score (nSPS) is 12.8. The maximum atomic E-state index is 12.4. The van der Waals surface area contributed by atoms with Crippen molar-refractivity contribution in [3.63, 3.8) is 0 Å². The molecule has 112 valence electrons. The van der Waals surface area contributed by atoms with E-state index in [1.807, 2.05) is 47.3 Å². The number of carbonyl (C=O) groups excluding carboxylic acids is 1. The van der Waals surface area contributed by atoms with E-state index in [0.29, 0.717) is 12.2 Å². The number of hydrogen-bond donors (Lipinski definition) is 1. The van der Waals surface area contributed by atoms with Gasteiger partial charge in [0.2, 0.25) is 6.79 Å². The Hall–Kier alpha value is -2.47. The van der Waals surface area contributed by atoms with Crippen LogP contribution in [0.25, 0.3) is 10.2 Å². The van der Waals surface area contributed by atoms with Crippen molar-refractivity contribution >= 4 is 27.5 Å². The van der Waals surface area contributed by atoms with Crippen LogP contribution in [0.5, 0.6) is 11.5 Å². The molecule has 0 bridgehead atoms. The summed E-state index contributed by atoms with van der Waals surface area (Å²) >= 11 is 1.63. The van der Waals surface area contributed by atoms with E-state index in [0.717, 1.165) is 27.3 Å². The lowest BCUT2D eigenvalue weighted by atomic mass is 10.2. The summed E-state index contributed by atoms with van der Waals surface area (Å²) in [5.74, 6) is 1.40. The molecule has 1 N–H and O–H groups in total. The third-order valence-electron chi connectivity index (χ3n) is 3.76. The smallest absolute Gasteiger partial charge is 0.268 e. The van der Waals surface area contributed by atoms with Crippen molar-refractivity contribution in [1.82, 2.24) is 9.88 Å². The van der Waals surface area contributed by atoms with Gasteiger partial charge in [-0.1, -0.05) is 6.07 Å². The molecular formula is C16H14N2O3S. The van der Waals surface area contributed by atoms with Crippen molar-refractivity contribution in [3.8, 4) is 11.5 Å². The highest BCUT2D eigenvalue weighted by Gasteiger charge is 2.16. The minimum Gasteiger partial charge on any atom is -0.454 e. The van der Waals surface area contributed by atoms with Crippen molar-refractivity contribution in [2.75, 3.05) is 6.79 Å². The summed E-state index contributed by atoms with van der Waals surface area (Å²) in [7, 11) is 1.91. The van der Waals surface area contributed by atoms with Crippen LogP contribution in [-0.2, 0) is 13.6 Å². The molecule has 1 aromatic carbocycles. The van der Waals surface area contributed by atoms with Crippen LogP contribution in [0.15, 0.2) is 35.7 Å². The zero-order valence-electron chi connectivity index (χ0n) is 12.0. The Balaban J connectivity index is 1.50. The fraction of sp³-hybridized carbons (Fsp3) is 0.188. The van der Waals surface area contributed by atoms with Gasteiger partial charge in [-0.3, -0.25) is 4.79 Å². The number of aromatic nitrogens is 1. The number of carbonyl (C=O) groups is 1. The summed E-state index contributed by atoms with van der Waals surface area (Å²) in [6.07, 6.45) is 0. The molecule has 5 nitrogen and oxygen atoms in total. The topological polar surface area (TPSA) is 52.5 Å². The SMILES string of the molecule is Cn1c(C(=O)NCc2ccc3c(c2)OCO3)cc2ccsc21. The first kappa shape index (κ1) is 13.2. The second kappa shape index (κ2) is 5.06. The fourth-order valence-electron chi connectivity index (χ4n) is 2.59. The van der Waals surface area contributed by atoms with Gasteiger partial charge in [0.15, 0.2) is 11.5 Å². The predicted octanol–water partition coefficient (Wildman–Crippen LogP) is 2.90. The molecule has 0 spiro atoms. The predicted molar refractivity (Wildman–Crippen MR) is 84.5 cm³/mol. The van der Waals surface area contributed by atoms with E-state index in [1.165, 1.54) is 0 Å². The van der Waals surface area contributed by atoms with Gasteiger partial charge < -0.3 is 19.4 Å². The van der Waals surface area contributed by atoms with Crippen molar-refractivity contribution in [3.05, 3.63) is 47.0 Å². The van der Waals surface area contributed by atoms with Gasteiger partial charge >= 0.3 is 0 Å². The van der Waals surface area contributed by atoms with E-state index in [9.17, 15) is 4.79 Å². The van der Waals surface area contributed by atoms with Crippen molar-refractivity contribution in [2.24, 2.45) is 7.05 Å². The lowest BCUT2D eigenvalue weighted by Crippen LogP contribution is -2.24. The standard InChI is InChI=1S/C16H14N2O3S/c1-18-12(7-11-4-5-22-16(11)18)15(19)17-8-10-2-3-13-14(6-10)21-9-20-13/h2-7H,8-9H2,1H3,(H,17,19). The molecule has 1 aliphatic heterocycles. The lowest BCUT2D eigenvalue weighted by molar-refractivity contribution is 0.0943. The van der Waals surface area contributed by atoms with Gasteiger partial charge in [-0.25, -0.2) is 0 Å². The van der Waals surface area contributed by atoms with E-state index in [1.54, 1.807) is 11.3 Å². The average molecular weight is 314 g/mol. The number of thiophene rings is 1. The van der Waals surface area contributed by atoms with E-state index >= 15 is 0 Å².